The van der Waals surface area contributed by atoms with Gasteiger partial charge in [-0.15, -0.1) is 0 Å². The van der Waals surface area contributed by atoms with Crippen molar-refractivity contribution in [2.45, 2.75) is 72.0 Å². The second-order valence-corrected chi connectivity index (χ2v) is 11.5. The molecule has 3 rings (SSSR count). The molecule has 194 valence electrons. The first-order valence-corrected chi connectivity index (χ1v) is 12.8. The average Bonchev–Trinajstić information content (AvgIpc) is 3.14. The highest BCUT2D eigenvalue weighted by atomic mass is 16.5. The third-order valence-electron chi connectivity index (χ3n) is 7.54. The molecule has 1 aliphatic heterocycles. The van der Waals surface area contributed by atoms with Crippen molar-refractivity contribution >= 4 is 5.91 Å². The van der Waals surface area contributed by atoms with Crippen LogP contribution in [-0.4, -0.2) is 86.7 Å². The van der Waals surface area contributed by atoms with Crippen molar-refractivity contribution in [3.63, 3.8) is 0 Å². The molecule has 1 fully saturated rings. The van der Waals surface area contributed by atoms with Gasteiger partial charge >= 0.3 is 0 Å². The SMILES string of the molecule is CNCCN(C)Cc1nn2c(c1C1CCC(COC)(COC)CC1)CN(C(=O)C(C)(C)C)CC2. The Bertz CT molecular complexity index is 800. The van der Waals surface area contributed by atoms with E-state index in [2.05, 4.69) is 21.9 Å². The normalized spacial score (nSPS) is 19.0. The lowest BCUT2D eigenvalue weighted by atomic mass is 9.69. The Kier molecular flexibility index (Phi) is 9.17. The summed E-state index contributed by atoms with van der Waals surface area (Å²) in [5, 5.41) is 8.35. The van der Waals surface area contributed by atoms with E-state index in [1.54, 1.807) is 14.2 Å². The molecular weight excluding hydrogens is 430 g/mol. The number of carbonyl (C=O) groups is 1. The van der Waals surface area contributed by atoms with E-state index in [-0.39, 0.29) is 16.7 Å². The molecule has 0 spiro atoms. The molecule has 0 bridgehead atoms. The fraction of sp³-hybridized carbons (Fsp3) is 0.846. The van der Waals surface area contributed by atoms with E-state index in [1.807, 2.05) is 32.7 Å². The number of fused-ring (bicyclic) bond motifs is 1. The second-order valence-electron chi connectivity index (χ2n) is 11.5. The zero-order chi connectivity index (χ0) is 24.9. The Morgan fingerprint density at radius 2 is 1.82 bits per heavy atom. The van der Waals surface area contributed by atoms with Crippen LogP contribution in [0.5, 0.6) is 0 Å². The monoisotopic (exact) mass is 477 g/mol. The molecule has 1 N–H and O–H groups in total. The summed E-state index contributed by atoms with van der Waals surface area (Å²) in [6.07, 6.45) is 4.38. The average molecular weight is 478 g/mol. The number of hydrogen-bond donors (Lipinski definition) is 1. The van der Waals surface area contributed by atoms with Crippen LogP contribution in [0.3, 0.4) is 0 Å². The number of amides is 1. The Hall–Kier alpha value is -1.48. The van der Waals surface area contributed by atoms with Crippen molar-refractivity contribution in [1.82, 2.24) is 24.9 Å². The lowest BCUT2D eigenvalue weighted by Gasteiger charge is -2.40. The van der Waals surface area contributed by atoms with Crippen LogP contribution in [0.2, 0.25) is 0 Å². The topological polar surface area (TPSA) is 71.9 Å². The Balaban J connectivity index is 1.88. The number of nitrogens with one attached hydrogen (secondary N) is 1. The lowest BCUT2D eigenvalue weighted by molar-refractivity contribution is -0.141. The summed E-state index contributed by atoms with van der Waals surface area (Å²) in [6.45, 7) is 12.4. The number of methoxy groups -OCH3 is 2. The number of carbonyl (C=O) groups excluding carboxylic acids is 1. The van der Waals surface area contributed by atoms with Crippen molar-refractivity contribution in [3.8, 4) is 0 Å². The van der Waals surface area contributed by atoms with Crippen molar-refractivity contribution in [1.29, 1.82) is 0 Å². The summed E-state index contributed by atoms with van der Waals surface area (Å²) in [5.41, 5.74) is 3.56. The summed E-state index contributed by atoms with van der Waals surface area (Å²) in [4.78, 5) is 17.5. The Morgan fingerprint density at radius 1 is 1.18 bits per heavy atom. The fourth-order valence-corrected chi connectivity index (χ4v) is 5.73. The minimum absolute atomic E-state index is 0.102. The molecule has 8 heteroatoms. The number of hydrogen-bond acceptors (Lipinski definition) is 6. The molecule has 0 atom stereocenters. The van der Waals surface area contributed by atoms with Crippen LogP contribution in [0.25, 0.3) is 0 Å². The Labute approximate surface area is 206 Å². The zero-order valence-electron chi connectivity index (χ0n) is 22.6. The van der Waals surface area contributed by atoms with Crippen molar-refractivity contribution in [2.24, 2.45) is 10.8 Å². The molecular formula is C26H47N5O3. The summed E-state index contributed by atoms with van der Waals surface area (Å²) >= 11 is 0. The highest BCUT2D eigenvalue weighted by molar-refractivity contribution is 5.81. The molecule has 0 unspecified atom stereocenters. The molecule has 0 saturated heterocycles. The summed E-state index contributed by atoms with van der Waals surface area (Å²) in [7, 11) is 7.73. The minimum atomic E-state index is -0.372. The van der Waals surface area contributed by atoms with Gasteiger partial charge < -0.3 is 19.7 Å². The van der Waals surface area contributed by atoms with Gasteiger partial charge in [-0.1, -0.05) is 20.8 Å². The highest BCUT2D eigenvalue weighted by Crippen LogP contribution is 2.45. The van der Waals surface area contributed by atoms with Crippen LogP contribution in [0.15, 0.2) is 0 Å². The van der Waals surface area contributed by atoms with Crippen LogP contribution in [-0.2, 0) is 33.9 Å². The molecule has 1 aromatic rings. The van der Waals surface area contributed by atoms with E-state index in [4.69, 9.17) is 14.6 Å². The van der Waals surface area contributed by atoms with Crippen molar-refractivity contribution < 1.29 is 14.3 Å². The number of nitrogens with zero attached hydrogens (tertiary/aromatic N) is 4. The van der Waals surface area contributed by atoms with E-state index in [1.165, 1.54) is 17.0 Å². The van der Waals surface area contributed by atoms with Crippen LogP contribution in [0, 0.1) is 10.8 Å². The maximum atomic E-state index is 13.1. The van der Waals surface area contributed by atoms with Gasteiger partial charge in [0.15, 0.2) is 0 Å². The predicted molar refractivity (Wildman–Crippen MR) is 135 cm³/mol. The lowest BCUT2D eigenvalue weighted by Crippen LogP contribution is -2.44. The number of likely N-dealkylation sites (N-methyl/N-ethyl adjacent to an activating group) is 2. The van der Waals surface area contributed by atoms with Gasteiger partial charge in [0.05, 0.1) is 37.7 Å². The van der Waals surface area contributed by atoms with Crippen LogP contribution in [0.1, 0.15) is 69.3 Å². The summed E-state index contributed by atoms with van der Waals surface area (Å²) in [5.74, 6) is 0.685. The maximum absolute atomic E-state index is 13.1. The molecule has 8 nitrogen and oxygen atoms in total. The van der Waals surface area contributed by atoms with E-state index in [0.29, 0.717) is 12.5 Å². The third kappa shape index (κ3) is 6.20. The van der Waals surface area contributed by atoms with Gasteiger partial charge in [-0.3, -0.25) is 14.4 Å². The van der Waals surface area contributed by atoms with E-state index >= 15 is 0 Å². The smallest absolute Gasteiger partial charge is 0.228 e. The van der Waals surface area contributed by atoms with Crippen LogP contribution in [0.4, 0.5) is 0 Å². The molecule has 1 saturated carbocycles. The molecule has 1 aromatic heterocycles. The molecule has 2 heterocycles. The van der Waals surface area contributed by atoms with E-state index in [0.717, 1.165) is 71.6 Å². The first-order chi connectivity index (χ1) is 16.1. The van der Waals surface area contributed by atoms with Crippen LogP contribution < -0.4 is 5.32 Å². The van der Waals surface area contributed by atoms with Crippen molar-refractivity contribution in [3.05, 3.63) is 17.0 Å². The number of aromatic nitrogens is 2. The molecule has 2 aliphatic rings. The fourth-order valence-electron chi connectivity index (χ4n) is 5.73. The minimum Gasteiger partial charge on any atom is -0.384 e. The van der Waals surface area contributed by atoms with Crippen LogP contribution >= 0.6 is 0 Å². The standard InChI is InChI=1S/C26H47N5O3/c1-25(2,3)24(32)30-14-15-31-22(17-30)23(21(28-31)16-29(5)13-12-27-4)20-8-10-26(11-9-20,18-33-6)19-34-7/h20,27H,8-19H2,1-7H3. The molecule has 34 heavy (non-hydrogen) atoms. The maximum Gasteiger partial charge on any atom is 0.228 e. The first-order valence-electron chi connectivity index (χ1n) is 12.8. The predicted octanol–water partition coefficient (Wildman–Crippen LogP) is 2.86. The second kappa shape index (κ2) is 11.5. The molecule has 0 aromatic carbocycles. The highest BCUT2D eigenvalue weighted by Gasteiger charge is 2.39. The van der Waals surface area contributed by atoms with Gasteiger partial charge in [0, 0.05) is 56.8 Å². The van der Waals surface area contributed by atoms with Gasteiger partial charge in [0.25, 0.3) is 0 Å². The number of rotatable bonds is 10. The molecule has 0 radical (unpaired) electrons. The van der Waals surface area contributed by atoms with Gasteiger partial charge in [0.2, 0.25) is 5.91 Å². The summed E-state index contributed by atoms with van der Waals surface area (Å²) in [6, 6.07) is 0. The van der Waals surface area contributed by atoms with Gasteiger partial charge in [-0.25, -0.2) is 0 Å². The van der Waals surface area contributed by atoms with Gasteiger partial charge in [-0.05, 0) is 45.7 Å². The van der Waals surface area contributed by atoms with E-state index in [9.17, 15) is 4.79 Å². The van der Waals surface area contributed by atoms with E-state index < -0.39 is 0 Å². The number of ether oxygens (including phenoxy) is 2. The third-order valence-corrected chi connectivity index (χ3v) is 7.54. The van der Waals surface area contributed by atoms with Crippen molar-refractivity contribution in [2.75, 3.05) is 61.2 Å². The largest absolute Gasteiger partial charge is 0.384 e. The summed E-state index contributed by atoms with van der Waals surface area (Å²) < 4.78 is 13.4. The molecule has 1 aliphatic carbocycles. The zero-order valence-corrected chi connectivity index (χ0v) is 22.6. The Morgan fingerprint density at radius 3 is 2.38 bits per heavy atom. The van der Waals surface area contributed by atoms with Gasteiger partial charge in [0.1, 0.15) is 0 Å². The quantitative estimate of drug-likeness (QED) is 0.559. The first kappa shape index (κ1) is 27.1. The van der Waals surface area contributed by atoms with Gasteiger partial charge in [-0.2, -0.15) is 5.10 Å². The molecule has 1 amide bonds.